The molecule has 0 radical (unpaired) electrons. The van der Waals surface area contributed by atoms with Crippen LogP contribution in [0.5, 0.6) is 0 Å². The Balaban J connectivity index is 1.49. The van der Waals surface area contributed by atoms with Gasteiger partial charge in [-0.25, -0.2) is 4.39 Å². The van der Waals surface area contributed by atoms with E-state index in [0.29, 0.717) is 37.4 Å². The number of morpholine rings is 1. The van der Waals surface area contributed by atoms with Gasteiger partial charge < -0.3 is 14.5 Å². The number of hydrogen-bond acceptors (Lipinski definition) is 4. The van der Waals surface area contributed by atoms with Gasteiger partial charge in [-0.05, 0) is 49.6 Å². The third-order valence-corrected chi connectivity index (χ3v) is 5.44. The van der Waals surface area contributed by atoms with Crippen molar-refractivity contribution in [1.82, 2.24) is 9.88 Å². The quantitative estimate of drug-likeness (QED) is 0.800. The molecule has 146 valence electrons. The molecule has 1 atom stereocenters. The fourth-order valence-corrected chi connectivity index (χ4v) is 3.92. The summed E-state index contributed by atoms with van der Waals surface area (Å²) < 4.78 is 19.6. The highest BCUT2D eigenvalue weighted by molar-refractivity contribution is 5.95. The number of aromatic nitrogens is 1. The largest absolute Gasteiger partial charge is 0.363 e. The third-order valence-electron chi connectivity index (χ3n) is 5.44. The second kappa shape index (κ2) is 7.67. The number of nitrogens with zero attached hydrogens (tertiary/aromatic N) is 3. The maximum atomic E-state index is 13.6. The Kier molecular flexibility index (Phi) is 5.09. The van der Waals surface area contributed by atoms with Gasteiger partial charge in [0.1, 0.15) is 18.1 Å². The first kappa shape index (κ1) is 18.6. The number of carbonyl (C=O) groups excluding carboxylic acids is 2. The fourth-order valence-electron chi connectivity index (χ4n) is 3.92. The van der Waals surface area contributed by atoms with Gasteiger partial charge in [-0.1, -0.05) is 12.1 Å². The molecule has 0 N–H and O–H groups in total. The molecule has 2 aromatic rings. The maximum absolute atomic E-state index is 13.6. The number of pyridine rings is 1. The maximum Gasteiger partial charge on any atom is 0.272 e. The summed E-state index contributed by atoms with van der Waals surface area (Å²) in [6.45, 7) is 1.47. The standard InChI is InChI=1S/C21H22FN3O3/c22-16-5-3-6-17(13-16)25-15-21(28-14-19(25)26)8-4-11-24(12-9-21)20(27)18-7-1-2-10-23-18/h1-3,5-7,10,13H,4,8-9,11-12,14-15H2. The molecule has 2 amide bonds. The van der Waals surface area contributed by atoms with Gasteiger partial charge >= 0.3 is 0 Å². The predicted octanol–water partition coefficient (Wildman–Crippen LogP) is 2.65. The van der Waals surface area contributed by atoms with E-state index in [0.717, 1.165) is 12.8 Å². The van der Waals surface area contributed by atoms with E-state index in [1.165, 1.54) is 12.1 Å². The molecule has 1 spiro atoms. The zero-order valence-electron chi connectivity index (χ0n) is 15.5. The molecular formula is C21H22FN3O3. The van der Waals surface area contributed by atoms with Crippen LogP contribution in [-0.2, 0) is 9.53 Å². The van der Waals surface area contributed by atoms with Crippen molar-refractivity contribution >= 4 is 17.5 Å². The Morgan fingerprint density at radius 2 is 2.04 bits per heavy atom. The van der Waals surface area contributed by atoms with Crippen molar-refractivity contribution in [3.05, 3.63) is 60.2 Å². The van der Waals surface area contributed by atoms with E-state index in [1.807, 2.05) is 0 Å². The molecular weight excluding hydrogens is 361 g/mol. The zero-order chi connectivity index (χ0) is 19.6. The third kappa shape index (κ3) is 3.75. The van der Waals surface area contributed by atoms with Gasteiger partial charge in [-0.2, -0.15) is 0 Å². The molecule has 1 aromatic carbocycles. The van der Waals surface area contributed by atoms with E-state index in [9.17, 15) is 14.0 Å². The summed E-state index contributed by atoms with van der Waals surface area (Å²) in [6.07, 6.45) is 3.73. The van der Waals surface area contributed by atoms with E-state index >= 15 is 0 Å². The smallest absolute Gasteiger partial charge is 0.272 e. The van der Waals surface area contributed by atoms with Crippen LogP contribution in [0.4, 0.5) is 10.1 Å². The first-order valence-corrected chi connectivity index (χ1v) is 9.47. The second-order valence-electron chi connectivity index (χ2n) is 7.29. The van der Waals surface area contributed by atoms with Crippen LogP contribution in [0, 0.1) is 5.82 Å². The highest BCUT2D eigenvalue weighted by atomic mass is 19.1. The van der Waals surface area contributed by atoms with Gasteiger partial charge in [-0.3, -0.25) is 14.6 Å². The van der Waals surface area contributed by atoms with E-state index < -0.39 is 5.60 Å². The van der Waals surface area contributed by atoms with Crippen LogP contribution in [0.2, 0.25) is 0 Å². The number of amides is 2. The minimum atomic E-state index is -0.528. The van der Waals surface area contributed by atoms with Crippen molar-refractivity contribution in [3.8, 4) is 0 Å². The summed E-state index contributed by atoms with van der Waals surface area (Å²) in [5.74, 6) is -0.646. The molecule has 0 bridgehead atoms. The molecule has 2 aliphatic heterocycles. The lowest BCUT2D eigenvalue weighted by molar-refractivity contribution is -0.140. The topological polar surface area (TPSA) is 62.7 Å². The minimum absolute atomic E-state index is 0.0370. The van der Waals surface area contributed by atoms with Gasteiger partial charge in [0.2, 0.25) is 0 Å². The van der Waals surface area contributed by atoms with Crippen LogP contribution in [-0.4, -0.2) is 53.5 Å². The molecule has 7 heteroatoms. The monoisotopic (exact) mass is 383 g/mol. The number of rotatable bonds is 2. The molecule has 0 aliphatic carbocycles. The Morgan fingerprint density at radius 3 is 2.82 bits per heavy atom. The van der Waals surface area contributed by atoms with Crippen molar-refractivity contribution < 1.29 is 18.7 Å². The lowest BCUT2D eigenvalue weighted by Gasteiger charge is -2.42. The average molecular weight is 383 g/mol. The van der Waals surface area contributed by atoms with Crippen molar-refractivity contribution in [3.63, 3.8) is 0 Å². The van der Waals surface area contributed by atoms with Crippen molar-refractivity contribution in [2.45, 2.75) is 24.9 Å². The van der Waals surface area contributed by atoms with Gasteiger partial charge in [0.15, 0.2) is 0 Å². The number of anilines is 1. The molecule has 4 rings (SSSR count). The Hall–Kier alpha value is -2.80. The number of halogens is 1. The van der Waals surface area contributed by atoms with E-state index in [1.54, 1.807) is 46.3 Å². The Morgan fingerprint density at radius 1 is 1.14 bits per heavy atom. The van der Waals surface area contributed by atoms with Crippen molar-refractivity contribution in [2.24, 2.45) is 0 Å². The van der Waals surface area contributed by atoms with Crippen LogP contribution in [0.1, 0.15) is 29.8 Å². The lowest BCUT2D eigenvalue weighted by Crippen LogP contribution is -2.55. The summed E-state index contributed by atoms with van der Waals surface area (Å²) >= 11 is 0. The first-order chi connectivity index (χ1) is 13.6. The van der Waals surface area contributed by atoms with Crippen molar-refractivity contribution in [2.75, 3.05) is 31.1 Å². The minimum Gasteiger partial charge on any atom is -0.363 e. The number of likely N-dealkylation sites (tertiary alicyclic amines) is 1. The summed E-state index contributed by atoms with van der Waals surface area (Å²) in [4.78, 5) is 32.6. The Labute approximate surface area is 162 Å². The van der Waals surface area contributed by atoms with Gasteiger partial charge in [0.05, 0.1) is 12.1 Å². The normalized spacial score (nSPS) is 23.0. The van der Waals surface area contributed by atoms with Crippen LogP contribution >= 0.6 is 0 Å². The highest BCUT2D eigenvalue weighted by Gasteiger charge is 2.42. The highest BCUT2D eigenvalue weighted by Crippen LogP contribution is 2.33. The van der Waals surface area contributed by atoms with Gasteiger partial charge in [0.25, 0.3) is 11.8 Å². The molecule has 3 heterocycles. The molecule has 6 nitrogen and oxygen atoms in total. The summed E-state index contributed by atoms with van der Waals surface area (Å²) in [7, 11) is 0. The number of carbonyl (C=O) groups is 2. The van der Waals surface area contributed by atoms with Crippen molar-refractivity contribution in [1.29, 1.82) is 0 Å². The second-order valence-corrected chi connectivity index (χ2v) is 7.29. The summed E-state index contributed by atoms with van der Waals surface area (Å²) in [5.41, 5.74) is 0.442. The molecule has 0 saturated carbocycles. The summed E-state index contributed by atoms with van der Waals surface area (Å²) in [6, 6.07) is 11.3. The fraction of sp³-hybridized carbons (Fsp3) is 0.381. The molecule has 1 unspecified atom stereocenters. The first-order valence-electron chi connectivity index (χ1n) is 9.47. The summed E-state index contributed by atoms with van der Waals surface area (Å²) in [5, 5.41) is 0. The van der Waals surface area contributed by atoms with Gasteiger partial charge in [-0.15, -0.1) is 0 Å². The van der Waals surface area contributed by atoms with Crippen LogP contribution in [0.25, 0.3) is 0 Å². The van der Waals surface area contributed by atoms with Gasteiger partial charge in [0, 0.05) is 25.0 Å². The average Bonchev–Trinajstić information content (AvgIpc) is 2.93. The predicted molar refractivity (Wildman–Crippen MR) is 101 cm³/mol. The molecule has 28 heavy (non-hydrogen) atoms. The Bertz CT molecular complexity index is 876. The number of ether oxygens (including phenoxy) is 1. The number of benzene rings is 1. The molecule has 1 aromatic heterocycles. The van der Waals surface area contributed by atoms with E-state index in [4.69, 9.17) is 4.74 Å². The van der Waals surface area contributed by atoms with E-state index in [-0.39, 0.29) is 24.2 Å². The van der Waals surface area contributed by atoms with Crippen LogP contribution in [0.3, 0.4) is 0 Å². The zero-order valence-corrected chi connectivity index (χ0v) is 15.5. The molecule has 2 aliphatic rings. The number of hydrogen-bond donors (Lipinski definition) is 0. The SMILES string of the molecule is O=C(c1ccccn1)N1CCCC2(CC1)CN(c1cccc(F)c1)C(=O)CO2. The molecule has 2 saturated heterocycles. The van der Waals surface area contributed by atoms with E-state index in [2.05, 4.69) is 4.98 Å². The van der Waals surface area contributed by atoms with Crippen LogP contribution in [0.15, 0.2) is 48.7 Å². The molecule has 2 fully saturated rings. The van der Waals surface area contributed by atoms with Crippen LogP contribution < -0.4 is 4.90 Å². The lowest BCUT2D eigenvalue weighted by atomic mass is 9.92.